The van der Waals surface area contributed by atoms with Crippen LogP contribution >= 0.6 is 0 Å². The highest BCUT2D eigenvalue weighted by molar-refractivity contribution is 5.81. The van der Waals surface area contributed by atoms with Crippen molar-refractivity contribution in [3.63, 3.8) is 0 Å². The van der Waals surface area contributed by atoms with Gasteiger partial charge in [0, 0.05) is 12.8 Å². The van der Waals surface area contributed by atoms with E-state index in [2.05, 4.69) is 52.8 Å². The first kappa shape index (κ1) is 40.7. The minimum Gasteiger partial charge on any atom is -0.311 e. The van der Waals surface area contributed by atoms with Crippen LogP contribution in [0.5, 0.6) is 0 Å². The van der Waals surface area contributed by atoms with Crippen molar-refractivity contribution in [2.75, 3.05) is 0 Å². The van der Waals surface area contributed by atoms with Crippen LogP contribution in [0.3, 0.4) is 0 Å². The van der Waals surface area contributed by atoms with Gasteiger partial charge in [-0.1, -0.05) is 51.4 Å². The van der Waals surface area contributed by atoms with Crippen LogP contribution in [0, 0.1) is 0 Å². The third-order valence-corrected chi connectivity index (χ3v) is 5.73. The summed E-state index contributed by atoms with van der Waals surface area (Å²) in [5, 5.41) is 21.9. The van der Waals surface area contributed by atoms with E-state index in [1.807, 2.05) is 41.5 Å². The molecule has 0 rings (SSSR count). The van der Waals surface area contributed by atoms with Crippen LogP contribution in [0.15, 0.2) is 20.5 Å². The lowest BCUT2D eigenvalue weighted by molar-refractivity contribution is -0.122. The van der Waals surface area contributed by atoms with Crippen molar-refractivity contribution in [3.05, 3.63) is 0 Å². The summed E-state index contributed by atoms with van der Waals surface area (Å²) in [4.78, 5) is 48.0. The molecule has 0 atom stereocenters. The van der Waals surface area contributed by atoms with Crippen LogP contribution in [-0.4, -0.2) is 46.3 Å². The molecule has 0 aliphatic rings. The van der Waals surface area contributed by atoms with Crippen LogP contribution in [0.25, 0.3) is 0 Å². The molecule has 14 heteroatoms. The molecular formula is C30H60N10O4. The van der Waals surface area contributed by atoms with Crippen LogP contribution in [0.2, 0.25) is 0 Å². The van der Waals surface area contributed by atoms with Crippen LogP contribution in [0.4, 0.5) is 9.59 Å². The maximum absolute atomic E-state index is 12.0. The van der Waals surface area contributed by atoms with Gasteiger partial charge in [-0.15, -0.1) is 0 Å². The van der Waals surface area contributed by atoms with Crippen LogP contribution < -0.4 is 32.3 Å². The van der Waals surface area contributed by atoms with E-state index in [1.165, 1.54) is 0 Å². The third-order valence-electron chi connectivity index (χ3n) is 5.73. The van der Waals surface area contributed by atoms with Gasteiger partial charge in [0.2, 0.25) is 11.8 Å². The van der Waals surface area contributed by atoms with Gasteiger partial charge in [0.05, 0.1) is 11.1 Å². The first-order valence-corrected chi connectivity index (χ1v) is 15.8. The first-order chi connectivity index (χ1) is 20.2. The summed E-state index contributed by atoms with van der Waals surface area (Å²) in [6, 6.07) is -1.09. The van der Waals surface area contributed by atoms with E-state index in [0.29, 0.717) is 12.8 Å². The topological polar surface area (TPSA) is 190 Å². The van der Waals surface area contributed by atoms with E-state index in [1.54, 1.807) is 27.7 Å². The maximum atomic E-state index is 12.0. The zero-order valence-electron chi connectivity index (χ0n) is 28.9. The fourth-order valence-electron chi connectivity index (χ4n) is 3.58. The van der Waals surface area contributed by atoms with Gasteiger partial charge in [-0.25, -0.2) is 20.4 Å². The summed E-state index contributed by atoms with van der Waals surface area (Å²) < 4.78 is 0. The molecule has 6 N–H and O–H groups in total. The van der Waals surface area contributed by atoms with Crippen molar-refractivity contribution in [1.29, 1.82) is 0 Å². The van der Waals surface area contributed by atoms with Crippen LogP contribution in [-0.2, 0) is 9.59 Å². The summed E-state index contributed by atoms with van der Waals surface area (Å²) in [6.45, 7) is 18.4. The molecule has 0 heterocycles. The Hall–Kier alpha value is -3.32. The highest BCUT2D eigenvalue weighted by Crippen LogP contribution is 2.14. The minimum atomic E-state index is -0.893. The van der Waals surface area contributed by atoms with Crippen molar-refractivity contribution in [1.82, 2.24) is 32.3 Å². The monoisotopic (exact) mass is 624 g/mol. The lowest BCUT2D eigenvalue weighted by Gasteiger charge is -2.22. The van der Waals surface area contributed by atoms with Gasteiger partial charge in [0.15, 0.2) is 0 Å². The molecule has 0 bridgehead atoms. The van der Waals surface area contributed by atoms with Crippen molar-refractivity contribution >= 4 is 23.9 Å². The second-order valence-electron chi connectivity index (χ2n) is 14.1. The Morgan fingerprint density at radius 3 is 0.955 bits per heavy atom. The largest absolute Gasteiger partial charge is 0.335 e. The van der Waals surface area contributed by atoms with Crippen molar-refractivity contribution in [2.24, 2.45) is 20.5 Å². The Kier molecular flexibility index (Phi) is 18.4. The number of hydrazine groups is 2. The standard InChI is InChI=1S/C30H60N10O4/c1-27(2,3)37-39-29(7,8)31-25(43)35-33-23(41)21-19-17-15-13-11-12-14-16-18-20-22-24(42)34-36-26(44)32-30(9,10)40-38-28(4,5)6/h11-22H2,1-10H3,(H,33,41)(H,34,42)(H2,31,35,43)(H2,32,36,44). The molecule has 14 nitrogen and oxygen atoms in total. The molecule has 0 aromatic carbocycles. The summed E-state index contributed by atoms with van der Waals surface area (Å²) in [6.07, 6.45) is 10.8. The zero-order valence-corrected chi connectivity index (χ0v) is 28.9. The molecule has 0 fully saturated rings. The van der Waals surface area contributed by atoms with E-state index >= 15 is 0 Å². The van der Waals surface area contributed by atoms with Crippen molar-refractivity contribution in [3.8, 4) is 0 Å². The number of azo groups is 2. The molecule has 0 unspecified atom stereocenters. The maximum Gasteiger partial charge on any atom is 0.335 e. The molecule has 0 radical (unpaired) electrons. The number of amides is 6. The van der Waals surface area contributed by atoms with Gasteiger partial charge in [0.25, 0.3) is 0 Å². The predicted molar refractivity (Wildman–Crippen MR) is 172 cm³/mol. The molecule has 6 amide bonds. The summed E-state index contributed by atoms with van der Waals surface area (Å²) in [7, 11) is 0. The van der Waals surface area contributed by atoms with Gasteiger partial charge in [-0.3, -0.25) is 20.4 Å². The summed E-state index contributed by atoms with van der Waals surface area (Å²) in [5.41, 5.74) is 7.09. The van der Waals surface area contributed by atoms with Gasteiger partial charge in [0.1, 0.15) is 11.3 Å². The van der Waals surface area contributed by atoms with E-state index in [-0.39, 0.29) is 22.9 Å². The highest BCUT2D eigenvalue weighted by Gasteiger charge is 2.22. The molecule has 0 aliphatic carbocycles. The van der Waals surface area contributed by atoms with Crippen molar-refractivity contribution in [2.45, 2.75) is 169 Å². The highest BCUT2D eigenvalue weighted by atomic mass is 16.2. The average molecular weight is 625 g/mol. The second kappa shape index (κ2) is 19.9. The molecule has 0 saturated heterocycles. The second-order valence-corrected chi connectivity index (χ2v) is 14.1. The van der Waals surface area contributed by atoms with Gasteiger partial charge in [-0.05, 0) is 82.1 Å². The number of unbranched alkanes of at least 4 members (excludes halogenated alkanes) is 9. The van der Waals surface area contributed by atoms with Crippen molar-refractivity contribution < 1.29 is 19.2 Å². The number of nitrogens with one attached hydrogen (secondary N) is 6. The van der Waals surface area contributed by atoms with E-state index in [9.17, 15) is 19.2 Å². The van der Waals surface area contributed by atoms with Crippen LogP contribution in [0.1, 0.15) is 146 Å². The fourth-order valence-corrected chi connectivity index (χ4v) is 3.58. The predicted octanol–water partition coefficient (Wildman–Crippen LogP) is 6.30. The van der Waals surface area contributed by atoms with Gasteiger partial charge < -0.3 is 10.6 Å². The molecule has 44 heavy (non-hydrogen) atoms. The third kappa shape index (κ3) is 26.3. The Labute approximate surface area is 264 Å². The Bertz CT molecular complexity index is 874. The smallest absolute Gasteiger partial charge is 0.311 e. The average Bonchev–Trinajstić information content (AvgIpc) is 2.88. The number of hydrogen-bond donors (Lipinski definition) is 6. The molecule has 254 valence electrons. The summed E-state index contributed by atoms with van der Waals surface area (Å²) >= 11 is 0. The number of rotatable bonds is 17. The van der Waals surface area contributed by atoms with E-state index < -0.39 is 23.4 Å². The molecule has 0 saturated carbocycles. The van der Waals surface area contributed by atoms with Gasteiger partial charge >= 0.3 is 12.1 Å². The number of carbonyl (C=O) groups excluding carboxylic acids is 4. The Balaban J connectivity index is 3.76. The number of urea groups is 2. The Morgan fingerprint density at radius 2 is 0.682 bits per heavy atom. The zero-order chi connectivity index (χ0) is 33.9. The molecule has 0 aromatic heterocycles. The number of nitrogens with zero attached hydrogens (tertiary/aromatic N) is 4. The lowest BCUT2D eigenvalue weighted by Crippen LogP contribution is -2.52. The number of carbonyl (C=O) groups is 4. The molecular weight excluding hydrogens is 564 g/mol. The molecule has 0 aromatic rings. The molecule has 0 spiro atoms. The quantitative estimate of drug-likeness (QED) is 0.0629. The Morgan fingerprint density at radius 1 is 0.409 bits per heavy atom. The SMILES string of the molecule is CC(C)(C)N=NC(C)(C)NC(=O)NNC(=O)CCCCCCCCCCCCC(=O)NNC(=O)NC(C)(C)N=NC(C)(C)C. The molecule has 0 aliphatic heterocycles. The normalized spacial score (nSPS) is 12.7. The van der Waals surface area contributed by atoms with Gasteiger partial charge in [-0.2, -0.15) is 20.5 Å². The minimum absolute atomic E-state index is 0.232. The lowest BCUT2D eigenvalue weighted by atomic mass is 10.0. The first-order valence-electron chi connectivity index (χ1n) is 15.8. The number of hydrogen-bond acceptors (Lipinski definition) is 8. The van der Waals surface area contributed by atoms with E-state index in [0.717, 1.165) is 64.2 Å². The fraction of sp³-hybridized carbons (Fsp3) is 0.867. The summed E-state index contributed by atoms with van der Waals surface area (Å²) in [5.74, 6) is -0.463. The van der Waals surface area contributed by atoms with E-state index in [4.69, 9.17) is 0 Å².